The lowest BCUT2D eigenvalue weighted by Gasteiger charge is -2.35. The third-order valence-electron chi connectivity index (χ3n) is 5.80. The van der Waals surface area contributed by atoms with Gasteiger partial charge in [0.05, 0.1) is 18.8 Å². The molecule has 0 aliphatic heterocycles. The number of nitrogens with two attached hydrogens (primary N) is 1. The van der Waals surface area contributed by atoms with E-state index in [4.69, 9.17) is 15.2 Å². The lowest BCUT2D eigenvalue weighted by Crippen LogP contribution is -2.52. The number of halogens is 3. The average molecular weight is 518 g/mol. The maximum atomic E-state index is 14.8. The van der Waals surface area contributed by atoms with E-state index in [1.54, 1.807) is 19.9 Å². The predicted molar refractivity (Wildman–Crippen MR) is 118 cm³/mol. The quantitative estimate of drug-likeness (QED) is 0.289. The summed E-state index contributed by atoms with van der Waals surface area (Å²) in [6.45, 7) is 2.16. The first-order valence-electron chi connectivity index (χ1n) is 11.0. The van der Waals surface area contributed by atoms with Crippen LogP contribution in [0.4, 0.5) is 8.78 Å². The normalized spacial score (nSPS) is 22.8. The summed E-state index contributed by atoms with van der Waals surface area (Å²) < 4.78 is 40.9. The molecule has 1 fully saturated rings. The molecular formula is C22H30BrF2N3O4. The number of rotatable bonds is 10. The van der Waals surface area contributed by atoms with Crippen molar-refractivity contribution >= 4 is 27.9 Å². The Labute approximate surface area is 194 Å². The number of carbonyl (C=O) groups is 2. The molecule has 0 aromatic carbocycles. The molecule has 1 aromatic rings. The van der Waals surface area contributed by atoms with Crippen LogP contribution in [0.1, 0.15) is 66.3 Å². The zero-order valence-electron chi connectivity index (χ0n) is 18.4. The molecule has 3 rings (SSSR count). The first kappa shape index (κ1) is 24.8. The van der Waals surface area contributed by atoms with Gasteiger partial charge in [-0.25, -0.2) is 23.4 Å². The second-order valence-electron chi connectivity index (χ2n) is 8.37. The van der Waals surface area contributed by atoms with Crippen LogP contribution in [0.3, 0.4) is 0 Å². The van der Waals surface area contributed by atoms with Crippen LogP contribution in [-0.4, -0.2) is 57.9 Å². The number of carbonyl (C=O) groups excluding carboxylic acids is 2. The number of allylic oxidation sites excluding steroid dienone is 1. The van der Waals surface area contributed by atoms with Crippen LogP contribution in [0.15, 0.2) is 11.6 Å². The van der Waals surface area contributed by atoms with Gasteiger partial charge in [0.2, 0.25) is 0 Å². The minimum atomic E-state index is -1.71. The van der Waals surface area contributed by atoms with E-state index >= 15 is 0 Å². The Morgan fingerprint density at radius 2 is 1.88 bits per heavy atom. The second kappa shape index (κ2) is 10.4. The average Bonchev–Trinajstić information content (AvgIpc) is 3.50. The molecule has 3 atom stereocenters. The van der Waals surface area contributed by atoms with Crippen LogP contribution < -0.4 is 5.73 Å². The molecule has 2 aliphatic rings. The molecular weight excluding hydrogens is 488 g/mol. The van der Waals surface area contributed by atoms with E-state index in [-0.39, 0.29) is 48.0 Å². The molecule has 1 heterocycles. The number of hydrogen-bond donors (Lipinski definition) is 1. The lowest BCUT2D eigenvalue weighted by molar-refractivity contribution is 0.0465. The molecule has 1 saturated carbocycles. The summed E-state index contributed by atoms with van der Waals surface area (Å²) >= 11 is 3.44. The van der Waals surface area contributed by atoms with Gasteiger partial charge in [-0.3, -0.25) is 0 Å². The number of aromatic nitrogens is 2. The highest BCUT2D eigenvalue weighted by Gasteiger charge is 2.41. The van der Waals surface area contributed by atoms with Gasteiger partial charge >= 0.3 is 11.9 Å². The van der Waals surface area contributed by atoms with E-state index in [9.17, 15) is 18.4 Å². The van der Waals surface area contributed by atoms with Gasteiger partial charge in [-0.15, -0.1) is 0 Å². The van der Waals surface area contributed by atoms with Crippen molar-refractivity contribution in [1.29, 1.82) is 0 Å². The maximum Gasteiger partial charge on any atom is 0.359 e. The highest BCUT2D eigenvalue weighted by atomic mass is 79.9. The molecule has 32 heavy (non-hydrogen) atoms. The van der Waals surface area contributed by atoms with Gasteiger partial charge in [-0.2, -0.15) is 0 Å². The first-order valence-corrected chi connectivity index (χ1v) is 11.9. The SMILES string of the molecule is CCOC(=O)c1nc(CC2CC2)n(C[C@@](N)(CF)C2=CC(Br)CCC2F)c1C(=O)OCC. The van der Waals surface area contributed by atoms with E-state index in [0.29, 0.717) is 24.6 Å². The molecule has 0 saturated heterocycles. The van der Waals surface area contributed by atoms with Crippen molar-refractivity contribution in [3.05, 3.63) is 28.9 Å². The fraction of sp³-hybridized carbons (Fsp3) is 0.682. The standard InChI is InChI=1S/C22H30BrF2N3O4/c1-3-31-20(29)18-19(21(30)32-4-2)28(17(27-18)9-13-5-6-13)12-22(26,11-24)15-10-14(23)7-8-16(15)25/h10,13-14,16H,3-9,11-12,26H2,1-2H3/t14?,16?,22-/m0/s1. The number of nitrogens with zero attached hydrogens (tertiary/aromatic N) is 2. The number of imidazole rings is 1. The predicted octanol–water partition coefficient (Wildman–Crippen LogP) is 3.68. The molecule has 2 N–H and O–H groups in total. The highest BCUT2D eigenvalue weighted by molar-refractivity contribution is 9.09. The largest absolute Gasteiger partial charge is 0.461 e. The van der Waals surface area contributed by atoms with Gasteiger partial charge in [0.25, 0.3) is 0 Å². The van der Waals surface area contributed by atoms with Crippen molar-refractivity contribution < 1.29 is 27.8 Å². The van der Waals surface area contributed by atoms with Crippen LogP contribution >= 0.6 is 15.9 Å². The van der Waals surface area contributed by atoms with Gasteiger partial charge in [-0.1, -0.05) is 22.0 Å². The van der Waals surface area contributed by atoms with Crippen molar-refractivity contribution in [3.63, 3.8) is 0 Å². The highest BCUT2D eigenvalue weighted by Crippen LogP contribution is 2.36. The van der Waals surface area contributed by atoms with E-state index in [2.05, 4.69) is 20.9 Å². The fourth-order valence-electron chi connectivity index (χ4n) is 3.97. The molecule has 178 valence electrons. The molecule has 0 spiro atoms. The topological polar surface area (TPSA) is 96.4 Å². The molecule has 0 bridgehead atoms. The van der Waals surface area contributed by atoms with Crippen LogP contribution in [0.2, 0.25) is 0 Å². The Hall–Kier alpha value is -1.81. The summed E-state index contributed by atoms with van der Waals surface area (Å²) in [5, 5.41) is 0. The molecule has 0 amide bonds. The molecule has 0 radical (unpaired) electrons. The van der Waals surface area contributed by atoms with Crippen LogP contribution in [0.25, 0.3) is 0 Å². The van der Waals surface area contributed by atoms with E-state index in [1.807, 2.05) is 0 Å². The van der Waals surface area contributed by atoms with Crippen molar-refractivity contribution in [2.45, 2.75) is 69.0 Å². The van der Waals surface area contributed by atoms with Crippen LogP contribution in [-0.2, 0) is 22.4 Å². The smallest absolute Gasteiger partial charge is 0.359 e. The number of hydrogen-bond acceptors (Lipinski definition) is 6. The number of alkyl halides is 3. The Kier molecular flexibility index (Phi) is 8.08. The zero-order chi connectivity index (χ0) is 23.5. The molecule has 10 heteroatoms. The Morgan fingerprint density at radius 1 is 1.22 bits per heavy atom. The van der Waals surface area contributed by atoms with Crippen molar-refractivity contribution in [1.82, 2.24) is 9.55 Å². The summed E-state index contributed by atoms with van der Waals surface area (Å²) in [5.41, 5.74) is 4.55. The fourth-order valence-corrected chi connectivity index (χ4v) is 4.52. The maximum absolute atomic E-state index is 14.8. The van der Waals surface area contributed by atoms with Gasteiger partial charge in [0, 0.05) is 17.8 Å². The molecule has 1 aromatic heterocycles. The van der Waals surface area contributed by atoms with E-state index < -0.39 is 30.3 Å². The van der Waals surface area contributed by atoms with Gasteiger partial charge in [0.1, 0.15) is 18.7 Å². The number of esters is 2. The second-order valence-corrected chi connectivity index (χ2v) is 9.55. The van der Waals surface area contributed by atoms with Crippen molar-refractivity contribution in [2.24, 2.45) is 11.7 Å². The van der Waals surface area contributed by atoms with Gasteiger partial charge < -0.3 is 19.8 Å². The van der Waals surface area contributed by atoms with Crippen LogP contribution in [0.5, 0.6) is 0 Å². The van der Waals surface area contributed by atoms with E-state index in [0.717, 1.165) is 12.8 Å². The van der Waals surface area contributed by atoms with E-state index in [1.165, 1.54) is 4.57 Å². The molecule has 2 aliphatic carbocycles. The van der Waals surface area contributed by atoms with Crippen molar-refractivity contribution in [3.8, 4) is 0 Å². The monoisotopic (exact) mass is 517 g/mol. The zero-order valence-corrected chi connectivity index (χ0v) is 20.0. The summed E-state index contributed by atoms with van der Waals surface area (Å²) in [7, 11) is 0. The molecule has 7 nitrogen and oxygen atoms in total. The summed E-state index contributed by atoms with van der Waals surface area (Å²) in [6, 6.07) is 0. The third-order valence-corrected chi connectivity index (χ3v) is 6.52. The summed E-state index contributed by atoms with van der Waals surface area (Å²) in [5.74, 6) is -0.772. The Bertz CT molecular complexity index is 887. The van der Waals surface area contributed by atoms with Crippen molar-refractivity contribution in [2.75, 3.05) is 19.9 Å². The Morgan fingerprint density at radius 3 is 2.47 bits per heavy atom. The van der Waals surface area contributed by atoms with Gasteiger partial charge in [-0.05, 0) is 51.0 Å². The minimum Gasteiger partial charge on any atom is -0.461 e. The Balaban J connectivity index is 2.11. The summed E-state index contributed by atoms with van der Waals surface area (Å²) in [4.78, 5) is 29.7. The minimum absolute atomic E-state index is 0.0735. The molecule has 2 unspecified atom stereocenters. The number of ether oxygens (including phenoxy) is 2. The van der Waals surface area contributed by atoms with Crippen LogP contribution in [0, 0.1) is 5.92 Å². The lowest BCUT2D eigenvalue weighted by atomic mass is 9.82. The summed E-state index contributed by atoms with van der Waals surface area (Å²) in [6.07, 6.45) is 3.50. The van der Waals surface area contributed by atoms with Gasteiger partial charge in [0.15, 0.2) is 11.4 Å². The third kappa shape index (κ3) is 5.39. The first-order chi connectivity index (χ1) is 15.2.